The number of rotatable bonds is 2. The summed E-state index contributed by atoms with van der Waals surface area (Å²) in [6.07, 6.45) is 2.19. The minimum absolute atomic E-state index is 0.0978. The van der Waals surface area contributed by atoms with Crippen molar-refractivity contribution < 1.29 is 19.2 Å². The molecule has 4 rings (SSSR count). The van der Waals surface area contributed by atoms with Gasteiger partial charge in [0.05, 0.1) is 6.04 Å². The van der Waals surface area contributed by atoms with E-state index in [0.29, 0.717) is 12.1 Å². The van der Waals surface area contributed by atoms with Crippen LogP contribution in [0.1, 0.15) is 31.7 Å². The first-order valence-corrected chi connectivity index (χ1v) is 9.61. The summed E-state index contributed by atoms with van der Waals surface area (Å²) < 4.78 is 0. The number of nitrogens with zero attached hydrogens (tertiary/aromatic N) is 3. The Morgan fingerprint density at radius 1 is 1.18 bits per heavy atom. The van der Waals surface area contributed by atoms with Gasteiger partial charge in [-0.2, -0.15) is 0 Å². The standard InChI is InChI=1S/C20H24N4O4/c1-4-16(25)21-13-7-8-14-12(10-13)11-20(15-6-5-9-24(14)15)17(26)22(2)19(28)23(3)18(20)27/h7-8,10,15H,4-6,9,11H2,1-3H3,(H,21,25)/t15-/m1/s1. The molecular formula is C20H24N4O4. The molecule has 0 bridgehead atoms. The van der Waals surface area contributed by atoms with Gasteiger partial charge in [0, 0.05) is 38.4 Å². The van der Waals surface area contributed by atoms with Crippen LogP contribution in [0.2, 0.25) is 0 Å². The Morgan fingerprint density at radius 3 is 2.50 bits per heavy atom. The molecule has 148 valence electrons. The van der Waals surface area contributed by atoms with Gasteiger partial charge in [0.2, 0.25) is 17.7 Å². The van der Waals surface area contributed by atoms with Crippen LogP contribution in [-0.4, -0.2) is 60.2 Å². The zero-order chi connectivity index (χ0) is 20.2. The molecule has 1 atom stereocenters. The molecule has 1 spiro atoms. The second-order valence-electron chi connectivity index (χ2n) is 7.76. The van der Waals surface area contributed by atoms with E-state index in [1.807, 2.05) is 18.2 Å². The van der Waals surface area contributed by atoms with Crippen LogP contribution in [-0.2, 0) is 20.8 Å². The van der Waals surface area contributed by atoms with Crippen molar-refractivity contribution in [2.45, 2.75) is 38.6 Å². The van der Waals surface area contributed by atoms with Gasteiger partial charge in [-0.05, 0) is 43.0 Å². The lowest BCUT2D eigenvalue weighted by molar-refractivity contribution is -0.159. The molecule has 0 aliphatic carbocycles. The molecule has 0 saturated carbocycles. The molecule has 3 heterocycles. The molecule has 3 aliphatic heterocycles. The highest BCUT2D eigenvalue weighted by Gasteiger charge is 2.63. The van der Waals surface area contributed by atoms with Gasteiger partial charge in [-0.15, -0.1) is 0 Å². The highest BCUT2D eigenvalue weighted by Crippen LogP contribution is 2.49. The Hall–Kier alpha value is -2.90. The number of imide groups is 2. The highest BCUT2D eigenvalue weighted by molar-refractivity contribution is 6.20. The van der Waals surface area contributed by atoms with Gasteiger partial charge in [0.1, 0.15) is 0 Å². The largest absolute Gasteiger partial charge is 0.367 e. The van der Waals surface area contributed by atoms with Gasteiger partial charge in [-0.25, -0.2) is 4.79 Å². The van der Waals surface area contributed by atoms with Crippen molar-refractivity contribution in [2.24, 2.45) is 5.41 Å². The van der Waals surface area contributed by atoms with E-state index in [1.165, 1.54) is 14.1 Å². The first kappa shape index (κ1) is 18.5. The highest BCUT2D eigenvalue weighted by atomic mass is 16.2. The smallest absolute Gasteiger partial charge is 0.332 e. The lowest BCUT2D eigenvalue weighted by Gasteiger charge is -2.50. The number of anilines is 2. The summed E-state index contributed by atoms with van der Waals surface area (Å²) in [5.41, 5.74) is 1.16. The molecule has 2 saturated heterocycles. The number of urea groups is 1. The maximum atomic E-state index is 13.3. The van der Waals surface area contributed by atoms with Crippen LogP contribution >= 0.6 is 0 Å². The minimum atomic E-state index is -1.31. The third-order valence-electron chi connectivity index (χ3n) is 6.23. The number of nitrogens with one attached hydrogen (secondary N) is 1. The first-order valence-electron chi connectivity index (χ1n) is 9.61. The Morgan fingerprint density at radius 2 is 1.86 bits per heavy atom. The fourth-order valence-electron chi connectivity index (χ4n) is 4.85. The van der Waals surface area contributed by atoms with E-state index >= 15 is 0 Å². The van der Waals surface area contributed by atoms with Gasteiger partial charge in [-0.1, -0.05) is 6.92 Å². The summed E-state index contributed by atoms with van der Waals surface area (Å²) in [5.74, 6) is -0.975. The Kier molecular flexibility index (Phi) is 4.17. The second kappa shape index (κ2) is 6.32. The van der Waals surface area contributed by atoms with Crippen molar-refractivity contribution in [3.05, 3.63) is 23.8 Å². The SMILES string of the molecule is CCC(=O)Nc1ccc2c(c1)CC1(C(=O)N(C)C(=O)N(C)C1=O)[C@H]1CCCN21. The van der Waals surface area contributed by atoms with Crippen molar-refractivity contribution in [3.8, 4) is 0 Å². The molecule has 0 unspecified atom stereocenters. The van der Waals surface area contributed by atoms with Crippen LogP contribution in [0.4, 0.5) is 16.2 Å². The van der Waals surface area contributed by atoms with Crippen molar-refractivity contribution in [1.82, 2.24) is 9.80 Å². The lowest BCUT2D eigenvalue weighted by Crippen LogP contribution is -2.70. The normalized spacial score (nSPS) is 23.2. The Labute approximate surface area is 163 Å². The number of hydrogen-bond acceptors (Lipinski definition) is 5. The van der Waals surface area contributed by atoms with E-state index in [1.54, 1.807) is 6.92 Å². The fraction of sp³-hybridized carbons (Fsp3) is 0.500. The molecule has 8 heteroatoms. The predicted octanol–water partition coefficient (Wildman–Crippen LogP) is 1.60. The number of carbonyl (C=O) groups excluding carboxylic acids is 4. The minimum Gasteiger partial charge on any atom is -0.367 e. The van der Waals surface area contributed by atoms with E-state index in [0.717, 1.165) is 40.4 Å². The van der Waals surface area contributed by atoms with Crippen molar-refractivity contribution >= 4 is 35.1 Å². The quantitative estimate of drug-likeness (QED) is 0.782. The van der Waals surface area contributed by atoms with E-state index in [2.05, 4.69) is 10.2 Å². The molecule has 2 fully saturated rings. The summed E-state index contributed by atoms with van der Waals surface area (Å²) in [6.45, 7) is 2.53. The fourth-order valence-corrected chi connectivity index (χ4v) is 4.85. The number of benzene rings is 1. The summed E-state index contributed by atoms with van der Waals surface area (Å²) in [5, 5.41) is 2.84. The zero-order valence-corrected chi connectivity index (χ0v) is 16.3. The van der Waals surface area contributed by atoms with Crippen LogP contribution in [0.3, 0.4) is 0 Å². The summed E-state index contributed by atoms with van der Waals surface area (Å²) in [6, 6.07) is 4.78. The van der Waals surface area contributed by atoms with Gasteiger partial charge >= 0.3 is 6.03 Å². The number of fused-ring (bicyclic) bond motifs is 4. The summed E-state index contributed by atoms with van der Waals surface area (Å²) >= 11 is 0. The van der Waals surface area contributed by atoms with Crippen LogP contribution in [0.15, 0.2) is 18.2 Å². The van der Waals surface area contributed by atoms with E-state index in [9.17, 15) is 19.2 Å². The van der Waals surface area contributed by atoms with Gasteiger partial charge in [-0.3, -0.25) is 24.2 Å². The van der Waals surface area contributed by atoms with Crippen LogP contribution < -0.4 is 10.2 Å². The summed E-state index contributed by atoms with van der Waals surface area (Å²) in [4.78, 5) is 54.9. The van der Waals surface area contributed by atoms with Gasteiger partial charge < -0.3 is 10.2 Å². The first-order chi connectivity index (χ1) is 13.3. The molecule has 1 aromatic carbocycles. The Balaban J connectivity index is 1.82. The van der Waals surface area contributed by atoms with Crippen LogP contribution in [0.25, 0.3) is 0 Å². The van der Waals surface area contributed by atoms with E-state index in [4.69, 9.17) is 0 Å². The van der Waals surface area contributed by atoms with Crippen molar-refractivity contribution in [2.75, 3.05) is 30.9 Å². The average Bonchev–Trinajstić information content (AvgIpc) is 3.19. The van der Waals surface area contributed by atoms with E-state index in [-0.39, 0.29) is 18.4 Å². The summed E-state index contributed by atoms with van der Waals surface area (Å²) in [7, 11) is 2.87. The van der Waals surface area contributed by atoms with Crippen LogP contribution in [0.5, 0.6) is 0 Å². The Bertz CT molecular complexity index is 872. The van der Waals surface area contributed by atoms with Crippen molar-refractivity contribution in [3.63, 3.8) is 0 Å². The number of barbiturate groups is 1. The number of amides is 5. The third kappa shape index (κ3) is 2.36. The van der Waals surface area contributed by atoms with Gasteiger partial charge in [0.15, 0.2) is 5.41 Å². The lowest BCUT2D eigenvalue weighted by atomic mass is 9.68. The number of hydrogen-bond donors (Lipinski definition) is 1. The number of carbonyl (C=O) groups is 4. The second-order valence-corrected chi connectivity index (χ2v) is 7.76. The third-order valence-corrected chi connectivity index (χ3v) is 6.23. The molecule has 0 aromatic heterocycles. The maximum absolute atomic E-state index is 13.3. The van der Waals surface area contributed by atoms with Gasteiger partial charge in [0.25, 0.3) is 0 Å². The maximum Gasteiger partial charge on any atom is 0.332 e. The molecule has 1 N–H and O–H groups in total. The van der Waals surface area contributed by atoms with E-state index < -0.39 is 23.3 Å². The molecule has 0 radical (unpaired) electrons. The zero-order valence-electron chi connectivity index (χ0n) is 16.3. The molecule has 28 heavy (non-hydrogen) atoms. The predicted molar refractivity (Wildman–Crippen MR) is 103 cm³/mol. The van der Waals surface area contributed by atoms with Crippen molar-refractivity contribution in [1.29, 1.82) is 0 Å². The molecule has 3 aliphatic rings. The average molecular weight is 384 g/mol. The topological polar surface area (TPSA) is 90.0 Å². The molecule has 5 amide bonds. The molecule has 8 nitrogen and oxygen atoms in total. The van der Waals surface area contributed by atoms with Crippen LogP contribution in [0, 0.1) is 5.41 Å². The monoisotopic (exact) mass is 384 g/mol. The molecule has 1 aromatic rings. The molecular weight excluding hydrogens is 360 g/mol.